The standard InChI is InChI=1S/C17H24N4O/c1-4-18-17(21-13(2)12-22-3)20-11-16-15-8-6-5-7-14(15)9-10-19-16/h5-10,13H,4,11-12H2,1-3H3,(H2,18,20,21). The smallest absolute Gasteiger partial charge is 0.191 e. The van der Waals surface area contributed by atoms with Gasteiger partial charge < -0.3 is 15.4 Å². The maximum absolute atomic E-state index is 5.15. The van der Waals surface area contributed by atoms with Crippen LogP contribution in [0.5, 0.6) is 0 Å². The Morgan fingerprint density at radius 2 is 2.14 bits per heavy atom. The van der Waals surface area contributed by atoms with E-state index in [-0.39, 0.29) is 6.04 Å². The fourth-order valence-electron chi connectivity index (χ4n) is 2.31. The van der Waals surface area contributed by atoms with Gasteiger partial charge in [0.15, 0.2) is 5.96 Å². The van der Waals surface area contributed by atoms with Crippen LogP contribution < -0.4 is 10.6 Å². The first kappa shape index (κ1) is 16.2. The molecule has 0 aliphatic carbocycles. The summed E-state index contributed by atoms with van der Waals surface area (Å²) in [5.74, 6) is 0.779. The number of nitrogens with zero attached hydrogens (tertiary/aromatic N) is 2. The molecule has 1 aromatic heterocycles. The molecule has 118 valence electrons. The van der Waals surface area contributed by atoms with Gasteiger partial charge in [-0.3, -0.25) is 4.98 Å². The summed E-state index contributed by atoms with van der Waals surface area (Å²) in [5.41, 5.74) is 0.981. The Morgan fingerprint density at radius 1 is 1.32 bits per heavy atom. The number of nitrogens with one attached hydrogen (secondary N) is 2. The minimum atomic E-state index is 0.197. The van der Waals surface area contributed by atoms with E-state index in [2.05, 4.69) is 39.7 Å². The van der Waals surface area contributed by atoms with Gasteiger partial charge in [0.25, 0.3) is 0 Å². The Labute approximate surface area is 131 Å². The van der Waals surface area contributed by atoms with Crippen LogP contribution in [0.25, 0.3) is 10.8 Å². The number of hydrogen-bond acceptors (Lipinski definition) is 3. The lowest BCUT2D eigenvalue weighted by atomic mass is 10.1. The lowest BCUT2D eigenvalue weighted by Gasteiger charge is -2.17. The lowest BCUT2D eigenvalue weighted by Crippen LogP contribution is -2.43. The summed E-state index contributed by atoms with van der Waals surface area (Å²) in [4.78, 5) is 9.10. The van der Waals surface area contributed by atoms with Gasteiger partial charge in [0.1, 0.15) is 0 Å². The molecule has 0 aliphatic rings. The average molecular weight is 300 g/mol. The SMILES string of the molecule is CCNC(=NCc1nccc2ccccc12)NC(C)COC. The molecule has 1 heterocycles. The van der Waals surface area contributed by atoms with Crippen LogP contribution in [-0.4, -0.2) is 37.2 Å². The average Bonchev–Trinajstić information content (AvgIpc) is 2.53. The summed E-state index contributed by atoms with van der Waals surface area (Å²) in [6, 6.07) is 10.5. The molecule has 1 unspecified atom stereocenters. The normalized spacial score (nSPS) is 13.1. The number of guanidine groups is 1. The van der Waals surface area contributed by atoms with E-state index in [9.17, 15) is 0 Å². The second kappa shape index (κ2) is 8.34. The first-order valence-electron chi connectivity index (χ1n) is 7.61. The Kier molecular flexibility index (Phi) is 6.15. The molecule has 22 heavy (non-hydrogen) atoms. The molecule has 0 fully saturated rings. The number of fused-ring (bicyclic) bond motifs is 1. The van der Waals surface area contributed by atoms with Gasteiger partial charge in [-0.25, -0.2) is 4.99 Å². The van der Waals surface area contributed by atoms with Gasteiger partial charge >= 0.3 is 0 Å². The Morgan fingerprint density at radius 3 is 2.91 bits per heavy atom. The minimum Gasteiger partial charge on any atom is -0.383 e. The zero-order chi connectivity index (χ0) is 15.8. The highest BCUT2D eigenvalue weighted by atomic mass is 16.5. The molecule has 1 aromatic carbocycles. The van der Waals surface area contributed by atoms with Crippen LogP contribution >= 0.6 is 0 Å². The van der Waals surface area contributed by atoms with Gasteiger partial charge in [0.2, 0.25) is 0 Å². The summed E-state index contributed by atoms with van der Waals surface area (Å²) < 4.78 is 5.15. The highest BCUT2D eigenvalue weighted by Gasteiger charge is 2.06. The minimum absolute atomic E-state index is 0.197. The molecule has 5 heteroatoms. The van der Waals surface area contributed by atoms with Gasteiger partial charge in [0.05, 0.1) is 18.8 Å². The molecule has 0 saturated carbocycles. The fraction of sp³-hybridized carbons (Fsp3) is 0.412. The summed E-state index contributed by atoms with van der Waals surface area (Å²) in [6.45, 7) is 6.10. The number of aromatic nitrogens is 1. The van der Waals surface area contributed by atoms with E-state index >= 15 is 0 Å². The van der Waals surface area contributed by atoms with Gasteiger partial charge in [-0.15, -0.1) is 0 Å². The van der Waals surface area contributed by atoms with Crippen molar-refractivity contribution < 1.29 is 4.74 Å². The van der Waals surface area contributed by atoms with Crippen LogP contribution in [0.1, 0.15) is 19.5 Å². The van der Waals surface area contributed by atoms with Crippen molar-refractivity contribution in [3.8, 4) is 0 Å². The van der Waals surface area contributed by atoms with Crippen LogP contribution in [0, 0.1) is 0 Å². The quantitative estimate of drug-likeness (QED) is 0.635. The number of hydrogen-bond donors (Lipinski definition) is 2. The number of rotatable bonds is 6. The van der Waals surface area contributed by atoms with Gasteiger partial charge in [-0.1, -0.05) is 24.3 Å². The first-order valence-corrected chi connectivity index (χ1v) is 7.61. The van der Waals surface area contributed by atoms with Crippen molar-refractivity contribution in [1.29, 1.82) is 0 Å². The van der Waals surface area contributed by atoms with Crippen molar-refractivity contribution in [1.82, 2.24) is 15.6 Å². The van der Waals surface area contributed by atoms with E-state index in [1.54, 1.807) is 7.11 Å². The van der Waals surface area contributed by atoms with E-state index in [0.717, 1.165) is 23.6 Å². The summed E-state index contributed by atoms with van der Waals surface area (Å²) in [7, 11) is 1.70. The molecule has 0 amide bonds. The Bertz CT molecular complexity index is 622. The topological polar surface area (TPSA) is 58.5 Å². The largest absolute Gasteiger partial charge is 0.383 e. The predicted molar refractivity (Wildman–Crippen MR) is 91.0 cm³/mol. The number of methoxy groups -OCH3 is 1. The van der Waals surface area contributed by atoms with Crippen LogP contribution in [0.2, 0.25) is 0 Å². The molecule has 2 rings (SSSR count). The van der Waals surface area contributed by atoms with Crippen molar-refractivity contribution in [3.63, 3.8) is 0 Å². The second-order valence-electron chi connectivity index (χ2n) is 5.17. The van der Waals surface area contributed by atoms with Crippen LogP contribution in [0.3, 0.4) is 0 Å². The third-order valence-electron chi connectivity index (χ3n) is 3.29. The predicted octanol–water partition coefficient (Wildman–Crippen LogP) is 2.32. The molecule has 0 spiro atoms. The molecule has 0 saturated heterocycles. The zero-order valence-electron chi connectivity index (χ0n) is 13.5. The Hall–Kier alpha value is -2.14. The third-order valence-corrected chi connectivity index (χ3v) is 3.29. The number of benzene rings is 1. The van der Waals surface area contributed by atoms with E-state index in [0.29, 0.717) is 13.2 Å². The molecular weight excluding hydrogens is 276 g/mol. The van der Waals surface area contributed by atoms with Crippen LogP contribution in [0.4, 0.5) is 0 Å². The highest BCUT2D eigenvalue weighted by Crippen LogP contribution is 2.16. The maximum atomic E-state index is 5.15. The molecular formula is C17H24N4O. The molecule has 1 atom stereocenters. The van der Waals surface area contributed by atoms with Gasteiger partial charge in [-0.2, -0.15) is 0 Å². The molecule has 0 radical (unpaired) electrons. The fourth-order valence-corrected chi connectivity index (χ4v) is 2.31. The highest BCUT2D eigenvalue weighted by molar-refractivity contribution is 5.85. The number of pyridine rings is 1. The van der Waals surface area contributed by atoms with E-state index in [1.165, 1.54) is 5.39 Å². The van der Waals surface area contributed by atoms with E-state index < -0.39 is 0 Å². The van der Waals surface area contributed by atoms with Gasteiger partial charge in [-0.05, 0) is 25.3 Å². The molecule has 5 nitrogen and oxygen atoms in total. The number of ether oxygens (including phenoxy) is 1. The van der Waals surface area contributed by atoms with Crippen LogP contribution in [0.15, 0.2) is 41.5 Å². The van der Waals surface area contributed by atoms with Crippen molar-refractivity contribution in [2.24, 2.45) is 4.99 Å². The molecule has 0 aliphatic heterocycles. The Balaban J connectivity index is 2.15. The molecule has 0 bridgehead atoms. The summed E-state index contributed by atoms with van der Waals surface area (Å²) in [5, 5.41) is 8.91. The summed E-state index contributed by atoms with van der Waals surface area (Å²) in [6.07, 6.45) is 1.83. The van der Waals surface area contributed by atoms with Crippen molar-refractivity contribution >= 4 is 16.7 Å². The second-order valence-corrected chi connectivity index (χ2v) is 5.17. The van der Waals surface area contributed by atoms with Crippen LogP contribution in [-0.2, 0) is 11.3 Å². The zero-order valence-corrected chi connectivity index (χ0v) is 13.5. The third kappa shape index (κ3) is 4.43. The monoisotopic (exact) mass is 300 g/mol. The maximum Gasteiger partial charge on any atom is 0.191 e. The lowest BCUT2D eigenvalue weighted by molar-refractivity contribution is 0.179. The van der Waals surface area contributed by atoms with Crippen molar-refractivity contribution in [2.75, 3.05) is 20.3 Å². The number of aliphatic imine (C=N–C) groups is 1. The summed E-state index contributed by atoms with van der Waals surface area (Å²) >= 11 is 0. The molecule has 2 N–H and O–H groups in total. The van der Waals surface area contributed by atoms with E-state index in [4.69, 9.17) is 4.74 Å². The van der Waals surface area contributed by atoms with Crippen molar-refractivity contribution in [3.05, 3.63) is 42.2 Å². The van der Waals surface area contributed by atoms with Crippen molar-refractivity contribution in [2.45, 2.75) is 26.4 Å². The molecule has 2 aromatic rings. The van der Waals surface area contributed by atoms with Gasteiger partial charge in [0, 0.05) is 31.3 Å². The van der Waals surface area contributed by atoms with E-state index in [1.807, 2.05) is 31.3 Å². The first-order chi connectivity index (χ1) is 10.7.